The summed E-state index contributed by atoms with van der Waals surface area (Å²) in [6.07, 6.45) is 0. The van der Waals surface area contributed by atoms with Gasteiger partial charge in [-0.2, -0.15) is 0 Å². The molecule has 4 aromatic rings. The van der Waals surface area contributed by atoms with Crippen LogP contribution in [0.2, 0.25) is 0 Å². The normalized spacial score (nSPS) is 16.3. The van der Waals surface area contributed by atoms with E-state index in [-0.39, 0.29) is 114 Å². The van der Waals surface area contributed by atoms with Crippen LogP contribution < -0.4 is 24.9 Å². The molecule has 4 aliphatic heterocycles. The quantitative estimate of drug-likeness (QED) is 0.0615. The number of anilines is 4. The molecule has 0 aromatic heterocycles. The van der Waals surface area contributed by atoms with Crippen molar-refractivity contribution in [3.05, 3.63) is 151 Å². The fraction of sp³-hybridized carbons (Fsp3) is 0.562. The van der Waals surface area contributed by atoms with Gasteiger partial charge in [0, 0.05) is 228 Å². The van der Waals surface area contributed by atoms with Gasteiger partial charge in [0.25, 0.3) is 0 Å². The zero-order valence-electron chi connectivity index (χ0n) is 59.1. The van der Waals surface area contributed by atoms with Crippen LogP contribution >= 0.6 is 84.3 Å². The van der Waals surface area contributed by atoms with E-state index < -0.39 is 0 Å². The number of piperazine rings is 4. The van der Waals surface area contributed by atoms with Gasteiger partial charge in [-0.15, -0.1) is 37.0 Å². The maximum Gasteiger partial charge on any atom is 0.161 e. The summed E-state index contributed by atoms with van der Waals surface area (Å²) in [4.78, 5) is 16.9. The molecule has 4 heterocycles. The van der Waals surface area contributed by atoms with Gasteiger partial charge in [0.05, 0.1) is 12.6 Å². The number of nitrogens with one attached hydrogen (secondary N) is 1. The maximum atomic E-state index is 5.62. The van der Waals surface area contributed by atoms with Gasteiger partial charge in [0.2, 0.25) is 0 Å². The molecule has 8 rings (SSSR count). The molecule has 512 valence electrons. The molecule has 4 saturated heterocycles. The number of rotatable bonds is 12. The first-order chi connectivity index (χ1) is 39.8. The Morgan fingerprint density at radius 1 is 0.404 bits per heavy atom. The van der Waals surface area contributed by atoms with Gasteiger partial charge in [0.1, 0.15) is 0 Å². The number of methoxy groups -OCH3 is 1. The monoisotopic (exact) mass is 2050 g/mol. The summed E-state index contributed by atoms with van der Waals surface area (Å²) in [5.74, 6) is 2.94. The van der Waals surface area contributed by atoms with Crippen molar-refractivity contribution < 1.29 is 89.0 Å². The Bertz CT molecular complexity index is 1670. The van der Waals surface area contributed by atoms with E-state index in [2.05, 4.69) is 239 Å². The Balaban J connectivity index is -0.0000000704. The second-order valence-electron chi connectivity index (χ2n) is 16.7. The largest absolute Gasteiger partial charge is 0.383 e. The molecule has 89 heavy (non-hydrogen) atoms. The number of hydrogen-bond acceptors (Lipinski definition) is 13. The Kier molecular flexibility index (Phi) is 125. The van der Waals surface area contributed by atoms with Gasteiger partial charge >= 0.3 is 0 Å². The van der Waals surface area contributed by atoms with E-state index in [1.165, 1.54) is 57.6 Å². The molecule has 4 aliphatic rings. The number of benzene rings is 4. The molecule has 25 heteroatoms. The summed E-state index contributed by atoms with van der Waals surface area (Å²) in [7, 11) is 39.0. The molecule has 4 aromatic carbocycles. The number of nitrogens with zero attached hydrogens (tertiary/aromatic N) is 7. The fourth-order valence-electron chi connectivity index (χ4n) is 8.73. The maximum absolute atomic E-state index is 5.62. The smallest absolute Gasteiger partial charge is 0.161 e. The van der Waals surface area contributed by atoms with E-state index in [1.54, 1.807) is 7.11 Å². The number of likely N-dealkylation sites (N-methyl/N-ethyl adjacent to an activating group) is 3. The first-order valence-corrected chi connectivity index (χ1v) is 37.2. The number of thiol groups is 1. The Morgan fingerprint density at radius 3 is 0.876 bits per heavy atom. The number of ether oxygens (including phenoxy) is 1. The molecule has 4 fully saturated rings. The minimum atomic E-state index is 0. The van der Waals surface area contributed by atoms with Gasteiger partial charge in [-0.1, -0.05) is 155 Å². The van der Waals surface area contributed by atoms with E-state index in [1.807, 2.05) is 82.0 Å². The summed E-state index contributed by atoms with van der Waals surface area (Å²) in [6, 6.07) is 44.4. The summed E-state index contributed by atoms with van der Waals surface area (Å²) in [6.45, 7) is 37.5. The molecule has 8 atom stereocenters. The van der Waals surface area contributed by atoms with Crippen LogP contribution in [0.4, 0.5) is 22.7 Å². The number of para-hydroxylation sites is 4. The van der Waals surface area contributed by atoms with E-state index in [0.29, 0.717) is 24.2 Å². The van der Waals surface area contributed by atoms with Crippen LogP contribution in [0.3, 0.4) is 0 Å². The van der Waals surface area contributed by atoms with Crippen molar-refractivity contribution in [3.8, 4) is 0 Å². The van der Waals surface area contributed by atoms with Crippen LogP contribution in [-0.2, 0) is 89.0 Å². The molecule has 0 bridgehead atoms. The third kappa shape index (κ3) is 55.6. The van der Waals surface area contributed by atoms with Gasteiger partial charge in [-0.3, -0.25) is 0 Å². The summed E-state index contributed by atoms with van der Waals surface area (Å²) in [5.41, 5.74) is 5.24. The molecule has 1 N–H and O–H groups in total. The molecular weight excluding hydrogens is 1930 g/mol. The molecular formula is C64H126B4N8OP4S4W4-4. The summed E-state index contributed by atoms with van der Waals surface area (Å²) in [5, 5.41) is 3.41. The SMILES string of the molecule is CC.CC.CC.CC.COCC1CN(C)CCN1c1ccccc1.CP.CP.CP.CP.[B]S.[B]SCC1CN(C)CCN1c1ccccc1.[B]SCC1CN(C)CCN1c1ccccc1.[B]SCC1CNCCN1c1ccccc1.[CH3-].[CH3-].[CH3-].[CH3-].[W].[W].[W].[W]. The molecule has 9 nitrogen and oxygen atoms in total. The average Bonchev–Trinajstić information content (AvgIpc) is 3.55. The van der Waals surface area contributed by atoms with Crippen LogP contribution in [0.25, 0.3) is 0 Å². The molecule has 0 spiro atoms. The first kappa shape index (κ1) is 121. The minimum Gasteiger partial charge on any atom is -0.383 e. The Labute approximate surface area is 645 Å². The Morgan fingerprint density at radius 2 is 0.629 bits per heavy atom. The van der Waals surface area contributed by atoms with E-state index >= 15 is 0 Å². The van der Waals surface area contributed by atoms with Crippen molar-refractivity contribution in [2.24, 2.45) is 0 Å². The molecule has 8 radical (unpaired) electrons. The minimum absolute atomic E-state index is 0. The van der Waals surface area contributed by atoms with Gasteiger partial charge < -0.3 is 74.1 Å². The van der Waals surface area contributed by atoms with Crippen LogP contribution in [0.1, 0.15) is 55.4 Å². The summed E-state index contributed by atoms with van der Waals surface area (Å²) < 4.78 is 5.31. The zero-order valence-corrected chi connectivity index (χ0v) is 78.8. The Hall–Kier alpha value is 2.01. The predicted molar refractivity (Wildman–Crippen MR) is 431 cm³/mol. The number of hydrogen-bond donors (Lipinski definition) is 2. The van der Waals surface area contributed by atoms with E-state index in [0.717, 1.165) is 102 Å². The molecule has 0 saturated carbocycles. The first-order valence-electron chi connectivity index (χ1n) is 28.9. The summed E-state index contributed by atoms with van der Waals surface area (Å²) >= 11 is 7.33. The van der Waals surface area contributed by atoms with Crippen LogP contribution in [0.15, 0.2) is 121 Å². The molecule has 8 unspecified atom stereocenters. The third-order valence-corrected chi connectivity index (χ3v) is 13.7. The van der Waals surface area contributed by atoms with Crippen LogP contribution in [0, 0.1) is 29.7 Å². The second kappa shape index (κ2) is 92.1. The van der Waals surface area contributed by atoms with Crippen molar-refractivity contribution in [2.75, 3.05) is 177 Å². The van der Waals surface area contributed by atoms with Gasteiger partial charge in [-0.05, 0) is 69.7 Å². The van der Waals surface area contributed by atoms with Crippen molar-refractivity contribution >= 4 is 136 Å². The topological polar surface area (TPSA) is 43.9 Å². The van der Waals surface area contributed by atoms with Crippen molar-refractivity contribution in [1.29, 1.82) is 0 Å². The van der Waals surface area contributed by atoms with E-state index in [4.69, 9.17) is 26.1 Å². The standard InChI is InChI=1S/C13H20N2O.2C12H17BN2S.C11H15BN2S.4C2H6.4CH5P.4CH3.BHS.4W/c1-14-8-9-15(13(10-14)11-16-2)12-6-4-3-5-7-12;2*1-14-7-8-15(12(9-14)10-16-13)11-5-3-2-4-6-11;12-15-9-11-8-13-6-7-14(11)10-4-2-1-3-5-10;8*1-2;;;;;1-2;;;;/h3-7,13H,8-11H2,1-2H3;2*2-6,12H,7-10H2,1H3;1-5,11,13H,6-9H2;4*1-2H3;4*2H2,1H3;4*1H3;2H;;;;/q;;;;;;;;;;;;4*-1;;;;;. The molecule has 0 amide bonds. The molecule has 0 aliphatic carbocycles. The van der Waals surface area contributed by atoms with Crippen molar-refractivity contribution in [3.63, 3.8) is 0 Å². The van der Waals surface area contributed by atoms with Crippen LogP contribution in [0.5, 0.6) is 0 Å². The third-order valence-electron chi connectivity index (χ3n) is 12.0. The van der Waals surface area contributed by atoms with Crippen molar-refractivity contribution in [2.45, 2.75) is 79.6 Å². The van der Waals surface area contributed by atoms with Gasteiger partial charge in [0.15, 0.2) is 28.5 Å². The average molecular weight is 2050 g/mol. The zero-order chi connectivity index (χ0) is 62.7. The van der Waals surface area contributed by atoms with Gasteiger partial charge in [-0.25, -0.2) is 47.3 Å². The fourth-order valence-corrected chi connectivity index (χ4v) is 10.3. The predicted octanol–water partition coefficient (Wildman–Crippen LogP) is 13.8. The van der Waals surface area contributed by atoms with E-state index in [9.17, 15) is 0 Å². The van der Waals surface area contributed by atoms with Crippen molar-refractivity contribution in [1.82, 2.24) is 20.0 Å². The second-order valence-corrected chi connectivity index (χ2v) is 18.7. The van der Waals surface area contributed by atoms with Crippen LogP contribution in [-0.4, -0.2) is 225 Å².